The van der Waals surface area contributed by atoms with Gasteiger partial charge < -0.3 is 15.3 Å². The number of unbranched alkanes of at least 4 members (excludes halogenated alkanes) is 5. The Labute approximate surface area is 332 Å². The maximum Gasteiger partial charge on any atom is 0.262 e. The van der Waals surface area contributed by atoms with Crippen LogP contribution < -0.4 is 10.6 Å². The molecular formula is C43H51N7O7. The zero-order chi connectivity index (χ0) is 39.9. The summed E-state index contributed by atoms with van der Waals surface area (Å²) >= 11 is 0. The zero-order valence-corrected chi connectivity index (χ0v) is 32.3. The van der Waals surface area contributed by atoms with Crippen LogP contribution in [0.25, 0.3) is 0 Å². The zero-order valence-electron chi connectivity index (χ0n) is 32.3. The second kappa shape index (κ2) is 18.3. The molecule has 4 aliphatic heterocycles. The number of aliphatic hydroxyl groups is 1. The van der Waals surface area contributed by atoms with E-state index in [2.05, 4.69) is 43.7 Å². The van der Waals surface area contributed by atoms with E-state index in [0.717, 1.165) is 68.5 Å². The first-order valence-electron chi connectivity index (χ1n) is 20.3. The SMILES string of the molecule is O=C1CCC(N2C(=O)c3cccc(CCCCCCCCC(=O)N4CC(Nc5cc(C(=O)CC[C@H](O)CN6CCc7ccccc7C6)ncn5)C4)c3C2=O)C(=O)N1. The number of piperidine rings is 1. The normalized spacial score (nSPS) is 18.9. The lowest BCUT2D eigenvalue weighted by atomic mass is 9.97. The summed E-state index contributed by atoms with van der Waals surface area (Å²) in [5, 5.41) is 16.2. The number of hydrogen-bond acceptors (Lipinski definition) is 11. The number of nitrogens with one attached hydrogen (secondary N) is 2. The summed E-state index contributed by atoms with van der Waals surface area (Å²) in [6.07, 6.45) is 9.17. The van der Waals surface area contributed by atoms with Crippen LogP contribution >= 0.6 is 0 Å². The quantitative estimate of drug-likeness (QED) is 0.0970. The van der Waals surface area contributed by atoms with Crippen LogP contribution in [0.2, 0.25) is 0 Å². The molecule has 57 heavy (non-hydrogen) atoms. The number of aromatic nitrogens is 2. The lowest BCUT2D eigenvalue weighted by molar-refractivity contribution is -0.136. The molecule has 300 valence electrons. The third-order valence-electron chi connectivity index (χ3n) is 11.6. The standard InChI is InChI=1S/C43H51N7O7/c51-32(26-48-21-20-28-10-7-8-12-30(28)23-48)16-18-36(52)34-22-37(45-27-44-34)46-31-24-49(25-31)39(54)15-6-4-2-1-3-5-11-29-13-9-14-33-40(29)43(57)50(42(33)56)35-17-19-38(53)47-41(35)55/h7-10,12-14,22,27,31-32,35,51H,1-6,11,15-21,23-26H2,(H,44,45,46)(H,47,53,55)/t32-,35?/m0/s1. The van der Waals surface area contributed by atoms with Crippen LogP contribution in [-0.4, -0.2) is 109 Å². The van der Waals surface area contributed by atoms with E-state index in [1.54, 1.807) is 18.2 Å². The Morgan fingerprint density at radius 3 is 2.46 bits per heavy atom. The van der Waals surface area contributed by atoms with Crippen molar-refractivity contribution in [3.05, 3.63) is 88.4 Å². The fourth-order valence-corrected chi connectivity index (χ4v) is 8.35. The van der Waals surface area contributed by atoms with E-state index in [0.29, 0.717) is 61.5 Å². The number of aryl methyl sites for hydroxylation is 1. The molecule has 14 nitrogen and oxygen atoms in total. The fraction of sp³-hybridized carbons (Fsp3) is 0.488. The molecule has 2 saturated heterocycles. The number of rotatable bonds is 18. The van der Waals surface area contributed by atoms with Gasteiger partial charge in [-0.15, -0.1) is 0 Å². The van der Waals surface area contributed by atoms with Crippen LogP contribution in [0.4, 0.5) is 5.82 Å². The Morgan fingerprint density at radius 1 is 0.877 bits per heavy atom. The number of nitrogens with zero attached hydrogens (tertiary/aromatic N) is 5. The van der Waals surface area contributed by atoms with E-state index >= 15 is 0 Å². The van der Waals surface area contributed by atoms with Crippen LogP contribution in [-0.2, 0) is 33.8 Å². The highest BCUT2D eigenvalue weighted by Crippen LogP contribution is 2.31. The van der Waals surface area contributed by atoms with Gasteiger partial charge in [0, 0.05) is 58.1 Å². The number of ketones is 1. The predicted molar refractivity (Wildman–Crippen MR) is 210 cm³/mol. The van der Waals surface area contributed by atoms with Gasteiger partial charge in [0.05, 0.1) is 23.3 Å². The monoisotopic (exact) mass is 777 g/mol. The molecule has 0 saturated carbocycles. The number of aliphatic hydroxyl groups excluding tert-OH is 1. The minimum Gasteiger partial charge on any atom is -0.392 e. The van der Waals surface area contributed by atoms with Gasteiger partial charge in [0.25, 0.3) is 11.8 Å². The van der Waals surface area contributed by atoms with Crippen LogP contribution in [0, 0.1) is 0 Å². The maximum absolute atomic E-state index is 13.3. The minimum atomic E-state index is -0.974. The van der Waals surface area contributed by atoms with E-state index < -0.39 is 35.8 Å². The fourth-order valence-electron chi connectivity index (χ4n) is 8.35. The predicted octanol–water partition coefficient (Wildman–Crippen LogP) is 3.86. The van der Waals surface area contributed by atoms with Crippen molar-refractivity contribution < 1.29 is 33.9 Å². The number of amides is 5. The van der Waals surface area contributed by atoms with Crippen LogP contribution in [0.1, 0.15) is 119 Å². The number of carbonyl (C=O) groups is 6. The highest BCUT2D eigenvalue weighted by molar-refractivity contribution is 6.24. The Morgan fingerprint density at radius 2 is 1.65 bits per heavy atom. The average Bonchev–Trinajstić information content (AvgIpc) is 3.45. The molecule has 0 aliphatic carbocycles. The first kappa shape index (κ1) is 39.9. The van der Waals surface area contributed by atoms with Crippen molar-refractivity contribution in [1.82, 2.24) is 30.0 Å². The lowest BCUT2D eigenvalue weighted by Gasteiger charge is -2.40. The van der Waals surface area contributed by atoms with Crippen molar-refractivity contribution in [3.8, 4) is 0 Å². The van der Waals surface area contributed by atoms with Gasteiger partial charge in [0.15, 0.2) is 5.78 Å². The Kier molecular flexibility index (Phi) is 12.8. The Bertz CT molecular complexity index is 2010. The summed E-state index contributed by atoms with van der Waals surface area (Å²) in [6.45, 7) is 3.37. The van der Waals surface area contributed by atoms with Crippen molar-refractivity contribution in [2.24, 2.45) is 0 Å². The molecule has 2 aromatic carbocycles. The molecule has 0 spiro atoms. The van der Waals surface area contributed by atoms with Crippen molar-refractivity contribution in [1.29, 1.82) is 0 Å². The number of Topliss-reactive ketones (excluding diaryl/α,β-unsaturated/α-hetero) is 1. The number of likely N-dealkylation sites (tertiary alicyclic amines) is 1. The van der Waals surface area contributed by atoms with Crippen LogP contribution in [0.15, 0.2) is 54.9 Å². The smallest absolute Gasteiger partial charge is 0.262 e. The first-order chi connectivity index (χ1) is 27.6. The summed E-state index contributed by atoms with van der Waals surface area (Å²) in [6, 6.07) is 14.3. The van der Waals surface area contributed by atoms with Gasteiger partial charge in [-0.3, -0.25) is 43.9 Å². The summed E-state index contributed by atoms with van der Waals surface area (Å²) in [5.74, 6) is -1.43. The second-order valence-corrected chi connectivity index (χ2v) is 15.7. The maximum atomic E-state index is 13.3. The molecule has 0 bridgehead atoms. The van der Waals surface area contributed by atoms with Gasteiger partial charge in [0.1, 0.15) is 23.9 Å². The molecule has 5 heterocycles. The first-order valence-corrected chi connectivity index (χ1v) is 20.3. The van der Waals surface area contributed by atoms with E-state index in [1.165, 1.54) is 17.5 Å². The lowest BCUT2D eigenvalue weighted by Crippen LogP contribution is -2.57. The molecule has 1 unspecified atom stereocenters. The number of β-amino-alcohol motifs (C(OH)–C–C–N with tert-alkyl or cyclic N) is 1. The topological polar surface area (TPSA) is 182 Å². The molecule has 4 aliphatic rings. The van der Waals surface area contributed by atoms with Gasteiger partial charge in [-0.1, -0.05) is 62.1 Å². The molecule has 7 rings (SSSR count). The summed E-state index contributed by atoms with van der Waals surface area (Å²) in [5.41, 5.74) is 4.44. The number of benzene rings is 2. The molecule has 2 atom stereocenters. The van der Waals surface area contributed by atoms with Gasteiger partial charge >= 0.3 is 0 Å². The molecule has 5 amide bonds. The van der Waals surface area contributed by atoms with E-state index in [1.807, 2.05) is 17.0 Å². The van der Waals surface area contributed by atoms with Crippen LogP contribution in [0.3, 0.4) is 0 Å². The summed E-state index contributed by atoms with van der Waals surface area (Å²) < 4.78 is 0. The number of hydrogen-bond donors (Lipinski definition) is 3. The number of imide groups is 2. The summed E-state index contributed by atoms with van der Waals surface area (Å²) in [7, 11) is 0. The Balaban J connectivity index is 0.746. The molecule has 2 fully saturated rings. The number of anilines is 1. The third-order valence-corrected chi connectivity index (χ3v) is 11.6. The summed E-state index contributed by atoms with van der Waals surface area (Å²) in [4.78, 5) is 89.6. The van der Waals surface area contributed by atoms with Crippen molar-refractivity contribution >= 4 is 41.1 Å². The highest BCUT2D eigenvalue weighted by Gasteiger charge is 2.45. The van der Waals surface area contributed by atoms with Crippen molar-refractivity contribution in [3.63, 3.8) is 0 Å². The van der Waals surface area contributed by atoms with Gasteiger partial charge in [0.2, 0.25) is 17.7 Å². The second-order valence-electron chi connectivity index (χ2n) is 15.7. The highest BCUT2D eigenvalue weighted by atomic mass is 16.3. The molecule has 3 N–H and O–H groups in total. The molecule has 1 aromatic heterocycles. The van der Waals surface area contributed by atoms with Gasteiger partial charge in [-0.2, -0.15) is 0 Å². The minimum absolute atomic E-state index is 0.0445. The van der Waals surface area contributed by atoms with Crippen molar-refractivity contribution in [2.45, 2.75) is 108 Å². The number of fused-ring (bicyclic) bond motifs is 2. The molecule has 3 aromatic rings. The molecule has 0 radical (unpaired) electrons. The largest absolute Gasteiger partial charge is 0.392 e. The third kappa shape index (κ3) is 9.62. The number of carbonyl (C=O) groups excluding carboxylic acids is 6. The van der Waals surface area contributed by atoms with Crippen molar-refractivity contribution in [2.75, 3.05) is 31.5 Å². The van der Waals surface area contributed by atoms with Gasteiger partial charge in [-0.25, -0.2) is 9.97 Å². The van der Waals surface area contributed by atoms with Gasteiger partial charge in [-0.05, 0) is 61.3 Å². The average molecular weight is 778 g/mol. The molecular weight excluding hydrogens is 727 g/mol. The van der Waals surface area contributed by atoms with Crippen LogP contribution in [0.5, 0.6) is 0 Å². The van der Waals surface area contributed by atoms with E-state index in [-0.39, 0.29) is 37.0 Å². The van der Waals surface area contributed by atoms with E-state index in [4.69, 9.17) is 0 Å². The van der Waals surface area contributed by atoms with E-state index in [9.17, 15) is 33.9 Å². The molecule has 14 heteroatoms. The Hall–Kier alpha value is -5.34.